The number of fused-ring (bicyclic) bond motifs is 1. The first-order valence-electron chi connectivity index (χ1n) is 7.37. The van der Waals surface area contributed by atoms with Crippen molar-refractivity contribution in [3.8, 4) is 0 Å². The molecule has 2 aromatic rings. The van der Waals surface area contributed by atoms with Crippen LogP contribution in [0.2, 0.25) is 0 Å². The lowest BCUT2D eigenvalue weighted by Gasteiger charge is -2.20. The van der Waals surface area contributed by atoms with E-state index < -0.39 is 0 Å². The normalized spacial score (nSPS) is 18.0. The fourth-order valence-corrected chi connectivity index (χ4v) is 3.77. The summed E-state index contributed by atoms with van der Waals surface area (Å²) in [7, 11) is 0. The van der Waals surface area contributed by atoms with E-state index in [0.29, 0.717) is 5.25 Å². The summed E-state index contributed by atoms with van der Waals surface area (Å²) in [5, 5.41) is 8.43. The maximum atomic E-state index is 4.40. The van der Waals surface area contributed by atoms with E-state index in [2.05, 4.69) is 60.4 Å². The van der Waals surface area contributed by atoms with E-state index in [0.717, 1.165) is 25.3 Å². The van der Waals surface area contributed by atoms with Crippen LogP contribution in [0.5, 0.6) is 0 Å². The van der Waals surface area contributed by atoms with Crippen molar-refractivity contribution < 1.29 is 0 Å². The molecule has 4 nitrogen and oxygen atoms in total. The van der Waals surface area contributed by atoms with Gasteiger partial charge >= 0.3 is 0 Å². The zero-order valence-electron chi connectivity index (χ0n) is 12.8. The number of rotatable bonds is 4. The fraction of sp³-hybridized carbons (Fsp3) is 0.500. The third-order valence-corrected chi connectivity index (χ3v) is 4.86. The topological polar surface area (TPSA) is 42.7 Å². The highest BCUT2D eigenvalue weighted by molar-refractivity contribution is 8.00. The minimum atomic E-state index is 0.0924. The second kappa shape index (κ2) is 5.81. The summed E-state index contributed by atoms with van der Waals surface area (Å²) in [6, 6.07) is 8.67. The Morgan fingerprint density at radius 2 is 2.14 bits per heavy atom. The van der Waals surface area contributed by atoms with Gasteiger partial charge in [-0.05, 0) is 38.8 Å². The molecule has 21 heavy (non-hydrogen) atoms. The molecule has 1 unspecified atom stereocenters. The molecule has 1 aromatic carbocycles. The van der Waals surface area contributed by atoms with Crippen LogP contribution < -0.4 is 5.32 Å². The molecule has 0 saturated heterocycles. The SMILES string of the molecule is CC(C)(C)NCc1ncnn1CC1Cc2ccccc2S1. The van der Waals surface area contributed by atoms with Gasteiger partial charge in [0.15, 0.2) is 0 Å². The molecule has 1 aromatic heterocycles. The van der Waals surface area contributed by atoms with Crippen molar-refractivity contribution >= 4 is 11.8 Å². The first kappa shape index (κ1) is 14.6. The standard InChI is InChI=1S/C16H22N4S/c1-16(2,3)18-9-15-17-11-19-20(15)10-13-8-12-6-4-5-7-14(12)21-13/h4-7,11,13,18H,8-10H2,1-3H3. The Kier molecular flexibility index (Phi) is 4.04. The molecule has 1 aliphatic heterocycles. The number of hydrogen-bond acceptors (Lipinski definition) is 4. The van der Waals surface area contributed by atoms with Gasteiger partial charge in [-0.2, -0.15) is 5.10 Å². The van der Waals surface area contributed by atoms with Crippen LogP contribution in [0, 0.1) is 0 Å². The summed E-state index contributed by atoms with van der Waals surface area (Å²) >= 11 is 1.96. The summed E-state index contributed by atoms with van der Waals surface area (Å²) in [5.74, 6) is 1.02. The molecule has 0 bridgehead atoms. The van der Waals surface area contributed by atoms with Crippen LogP contribution in [0.25, 0.3) is 0 Å². The van der Waals surface area contributed by atoms with Crippen molar-refractivity contribution in [3.05, 3.63) is 42.0 Å². The van der Waals surface area contributed by atoms with Crippen molar-refractivity contribution in [2.24, 2.45) is 0 Å². The molecular weight excluding hydrogens is 280 g/mol. The van der Waals surface area contributed by atoms with E-state index in [1.165, 1.54) is 10.5 Å². The number of thioether (sulfide) groups is 1. The fourth-order valence-electron chi connectivity index (χ4n) is 2.47. The van der Waals surface area contributed by atoms with Crippen LogP contribution >= 0.6 is 11.8 Å². The van der Waals surface area contributed by atoms with Gasteiger partial charge in [0.25, 0.3) is 0 Å². The Hall–Kier alpha value is -1.33. The lowest BCUT2D eigenvalue weighted by molar-refractivity contribution is 0.407. The summed E-state index contributed by atoms with van der Waals surface area (Å²) in [5.41, 5.74) is 1.55. The van der Waals surface area contributed by atoms with Crippen molar-refractivity contribution in [2.75, 3.05) is 0 Å². The number of nitrogens with zero attached hydrogens (tertiary/aromatic N) is 3. The second-order valence-corrected chi connectivity index (χ2v) is 7.86. The summed E-state index contributed by atoms with van der Waals surface area (Å²) in [6.45, 7) is 8.17. The van der Waals surface area contributed by atoms with E-state index in [-0.39, 0.29) is 5.54 Å². The highest BCUT2D eigenvalue weighted by atomic mass is 32.2. The lowest BCUT2D eigenvalue weighted by Crippen LogP contribution is -2.36. The van der Waals surface area contributed by atoms with Gasteiger partial charge in [-0.15, -0.1) is 11.8 Å². The molecule has 5 heteroatoms. The number of aromatic nitrogens is 3. The predicted molar refractivity (Wildman–Crippen MR) is 86.4 cm³/mol. The Morgan fingerprint density at radius 1 is 1.33 bits per heavy atom. The molecule has 1 atom stereocenters. The monoisotopic (exact) mass is 302 g/mol. The summed E-state index contributed by atoms with van der Waals surface area (Å²) in [6.07, 6.45) is 2.78. The molecule has 2 heterocycles. The van der Waals surface area contributed by atoms with Crippen molar-refractivity contribution in [2.45, 2.75) is 56.0 Å². The highest BCUT2D eigenvalue weighted by Gasteiger charge is 2.23. The van der Waals surface area contributed by atoms with Crippen molar-refractivity contribution in [3.63, 3.8) is 0 Å². The largest absolute Gasteiger partial charge is 0.305 e. The lowest BCUT2D eigenvalue weighted by atomic mass is 10.1. The molecule has 0 radical (unpaired) electrons. The van der Waals surface area contributed by atoms with Crippen LogP contribution in [0.15, 0.2) is 35.5 Å². The van der Waals surface area contributed by atoms with E-state index in [1.54, 1.807) is 6.33 Å². The van der Waals surface area contributed by atoms with Gasteiger partial charge in [0.2, 0.25) is 0 Å². The third kappa shape index (κ3) is 3.66. The molecule has 3 rings (SSSR count). The molecule has 0 saturated carbocycles. The van der Waals surface area contributed by atoms with Crippen LogP contribution in [0.3, 0.4) is 0 Å². The maximum absolute atomic E-state index is 4.40. The van der Waals surface area contributed by atoms with Crippen LogP contribution in [-0.4, -0.2) is 25.6 Å². The van der Waals surface area contributed by atoms with Crippen LogP contribution in [0.1, 0.15) is 32.2 Å². The molecule has 0 aliphatic carbocycles. The number of hydrogen-bond donors (Lipinski definition) is 1. The molecule has 0 amide bonds. The maximum Gasteiger partial charge on any atom is 0.140 e. The first-order chi connectivity index (χ1) is 10.0. The number of nitrogens with one attached hydrogen (secondary N) is 1. The van der Waals surface area contributed by atoms with Gasteiger partial charge in [0, 0.05) is 15.7 Å². The van der Waals surface area contributed by atoms with Crippen LogP contribution in [-0.2, 0) is 19.5 Å². The molecule has 1 N–H and O–H groups in total. The molecule has 112 valence electrons. The van der Waals surface area contributed by atoms with Gasteiger partial charge in [0.05, 0.1) is 13.1 Å². The summed E-state index contributed by atoms with van der Waals surface area (Å²) < 4.78 is 2.04. The Balaban J connectivity index is 1.63. The zero-order chi connectivity index (χ0) is 14.9. The van der Waals surface area contributed by atoms with Gasteiger partial charge in [-0.3, -0.25) is 0 Å². The van der Waals surface area contributed by atoms with E-state index in [9.17, 15) is 0 Å². The Morgan fingerprint density at radius 3 is 2.90 bits per heavy atom. The third-order valence-electron chi connectivity index (χ3n) is 3.56. The summed E-state index contributed by atoms with van der Waals surface area (Å²) in [4.78, 5) is 5.80. The molecular formula is C16H22N4S. The van der Waals surface area contributed by atoms with Crippen molar-refractivity contribution in [1.82, 2.24) is 20.1 Å². The average molecular weight is 302 g/mol. The molecule has 0 fully saturated rings. The van der Waals surface area contributed by atoms with Crippen LogP contribution in [0.4, 0.5) is 0 Å². The zero-order valence-corrected chi connectivity index (χ0v) is 13.7. The van der Waals surface area contributed by atoms with E-state index in [4.69, 9.17) is 0 Å². The smallest absolute Gasteiger partial charge is 0.140 e. The quantitative estimate of drug-likeness (QED) is 0.943. The minimum absolute atomic E-state index is 0.0924. The highest BCUT2D eigenvalue weighted by Crippen LogP contribution is 2.37. The first-order valence-corrected chi connectivity index (χ1v) is 8.25. The van der Waals surface area contributed by atoms with E-state index >= 15 is 0 Å². The Labute approximate surface area is 130 Å². The van der Waals surface area contributed by atoms with Crippen molar-refractivity contribution in [1.29, 1.82) is 0 Å². The molecule has 0 spiro atoms. The van der Waals surface area contributed by atoms with Gasteiger partial charge in [0.1, 0.15) is 12.2 Å². The molecule has 1 aliphatic rings. The van der Waals surface area contributed by atoms with Gasteiger partial charge < -0.3 is 5.32 Å². The average Bonchev–Trinajstić information content (AvgIpc) is 3.01. The second-order valence-electron chi connectivity index (χ2n) is 6.51. The Bertz CT molecular complexity index is 590. The van der Waals surface area contributed by atoms with Gasteiger partial charge in [-0.25, -0.2) is 9.67 Å². The predicted octanol–water partition coefficient (Wildman–Crippen LogP) is 2.88. The van der Waals surface area contributed by atoms with Gasteiger partial charge in [-0.1, -0.05) is 18.2 Å². The minimum Gasteiger partial charge on any atom is -0.305 e. The number of benzene rings is 1. The van der Waals surface area contributed by atoms with E-state index in [1.807, 2.05) is 16.4 Å².